The van der Waals surface area contributed by atoms with Gasteiger partial charge in [0.15, 0.2) is 0 Å². The van der Waals surface area contributed by atoms with Crippen LogP contribution < -0.4 is 10.1 Å². The van der Waals surface area contributed by atoms with Gasteiger partial charge in [0.05, 0.1) is 18.6 Å². The Balaban J connectivity index is 2.04. The summed E-state index contributed by atoms with van der Waals surface area (Å²) in [5.41, 5.74) is 0.821. The SMILES string of the molecule is CCN(CC(=O)NCc1ccccc1OC)S(=O)(=O)c1ccc(Br)cc1. The number of amides is 1. The Morgan fingerprint density at radius 3 is 2.42 bits per heavy atom. The van der Waals surface area contributed by atoms with Crippen LogP contribution in [0.1, 0.15) is 12.5 Å². The van der Waals surface area contributed by atoms with Crippen LogP contribution in [0.3, 0.4) is 0 Å². The van der Waals surface area contributed by atoms with E-state index in [0.29, 0.717) is 5.75 Å². The van der Waals surface area contributed by atoms with Crippen LogP contribution in [-0.4, -0.2) is 38.8 Å². The Bertz CT molecular complexity index is 854. The van der Waals surface area contributed by atoms with E-state index in [1.165, 1.54) is 12.1 Å². The van der Waals surface area contributed by atoms with Gasteiger partial charge in [-0.25, -0.2) is 8.42 Å². The molecule has 0 aromatic heterocycles. The smallest absolute Gasteiger partial charge is 0.243 e. The van der Waals surface area contributed by atoms with Crippen molar-refractivity contribution in [1.29, 1.82) is 0 Å². The lowest BCUT2D eigenvalue weighted by molar-refractivity contribution is -0.121. The molecule has 26 heavy (non-hydrogen) atoms. The van der Waals surface area contributed by atoms with Crippen molar-refractivity contribution in [1.82, 2.24) is 9.62 Å². The Kier molecular flexibility index (Phi) is 7.19. The number of sulfonamides is 1. The van der Waals surface area contributed by atoms with E-state index in [-0.39, 0.29) is 30.4 Å². The Hall–Kier alpha value is -1.90. The fraction of sp³-hybridized carbons (Fsp3) is 0.278. The summed E-state index contributed by atoms with van der Waals surface area (Å²) < 4.78 is 32.6. The number of hydrogen-bond donors (Lipinski definition) is 1. The second-order valence-corrected chi connectivity index (χ2v) is 8.33. The molecule has 0 atom stereocenters. The van der Waals surface area contributed by atoms with Crippen LogP contribution in [0, 0.1) is 0 Å². The van der Waals surface area contributed by atoms with Gasteiger partial charge in [-0.2, -0.15) is 4.31 Å². The number of hydrogen-bond acceptors (Lipinski definition) is 4. The van der Waals surface area contributed by atoms with E-state index in [0.717, 1.165) is 14.3 Å². The number of nitrogens with one attached hydrogen (secondary N) is 1. The number of benzene rings is 2. The number of carbonyl (C=O) groups is 1. The second-order valence-electron chi connectivity index (χ2n) is 5.47. The van der Waals surface area contributed by atoms with Crippen molar-refractivity contribution in [3.8, 4) is 5.75 Å². The maximum Gasteiger partial charge on any atom is 0.243 e. The van der Waals surface area contributed by atoms with E-state index in [9.17, 15) is 13.2 Å². The lowest BCUT2D eigenvalue weighted by atomic mass is 10.2. The molecule has 0 heterocycles. The molecular weight excluding hydrogens is 420 g/mol. The van der Waals surface area contributed by atoms with Crippen molar-refractivity contribution < 1.29 is 17.9 Å². The van der Waals surface area contributed by atoms with Gasteiger partial charge in [-0.3, -0.25) is 4.79 Å². The summed E-state index contributed by atoms with van der Waals surface area (Å²) in [5.74, 6) is 0.293. The zero-order valence-corrected chi connectivity index (χ0v) is 17.0. The van der Waals surface area contributed by atoms with Gasteiger partial charge in [0.2, 0.25) is 15.9 Å². The van der Waals surface area contributed by atoms with Crippen molar-refractivity contribution in [2.75, 3.05) is 20.2 Å². The van der Waals surface area contributed by atoms with Gasteiger partial charge in [-0.15, -0.1) is 0 Å². The van der Waals surface area contributed by atoms with E-state index in [1.807, 2.05) is 18.2 Å². The van der Waals surface area contributed by atoms with E-state index in [1.54, 1.807) is 32.2 Å². The third-order valence-electron chi connectivity index (χ3n) is 3.79. The predicted molar refractivity (Wildman–Crippen MR) is 103 cm³/mol. The molecule has 0 bridgehead atoms. The summed E-state index contributed by atoms with van der Waals surface area (Å²) in [6.07, 6.45) is 0. The van der Waals surface area contributed by atoms with E-state index >= 15 is 0 Å². The zero-order chi connectivity index (χ0) is 19.2. The number of carbonyl (C=O) groups excluding carboxylic acids is 1. The highest BCUT2D eigenvalue weighted by atomic mass is 79.9. The monoisotopic (exact) mass is 440 g/mol. The minimum atomic E-state index is -3.73. The molecule has 140 valence electrons. The minimum absolute atomic E-state index is 0.153. The lowest BCUT2D eigenvalue weighted by Gasteiger charge is -2.20. The van der Waals surface area contributed by atoms with Gasteiger partial charge in [0.1, 0.15) is 5.75 Å². The fourth-order valence-corrected chi connectivity index (χ4v) is 4.05. The number of methoxy groups -OCH3 is 1. The molecule has 0 saturated carbocycles. The van der Waals surface area contributed by atoms with Gasteiger partial charge in [0.25, 0.3) is 0 Å². The fourth-order valence-electron chi connectivity index (χ4n) is 2.38. The molecule has 0 unspecified atom stereocenters. The van der Waals surface area contributed by atoms with Crippen molar-refractivity contribution in [3.63, 3.8) is 0 Å². The minimum Gasteiger partial charge on any atom is -0.496 e. The van der Waals surface area contributed by atoms with E-state index in [2.05, 4.69) is 21.2 Å². The highest BCUT2D eigenvalue weighted by Crippen LogP contribution is 2.19. The second kappa shape index (κ2) is 9.16. The third-order valence-corrected chi connectivity index (χ3v) is 6.26. The number of likely N-dealkylation sites (N-methyl/N-ethyl adjacent to an activating group) is 1. The largest absolute Gasteiger partial charge is 0.496 e. The molecule has 0 fully saturated rings. The number of halogens is 1. The zero-order valence-electron chi connectivity index (χ0n) is 14.6. The molecule has 0 radical (unpaired) electrons. The van der Waals surface area contributed by atoms with Gasteiger partial charge in [-0.05, 0) is 30.3 Å². The molecule has 1 amide bonds. The van der Waals surface area contributed by atoms with E-state index in [4.69, 9.17) is 4.74 Å². The first-order valence-electron chi connectivity index (χ1n) is 8.02. The molecule has 0 aliphatic carbocycles. The first-order chi connectivity index (χ1) is 12.4. The average molecular weight is 441 g/mol. The van der Waals surface area contributed by atoms with Crippen LogP contribution in [0.5, 0.6) is 5.75 Å². The lowest BCUT2D eigenvalue weighted by Crippen LogP contribution is -2.40. The van der Waals surface area contributed by atoms with Gasteiger partial charge in [-0.1, -0.05) is 41.1 Å². The standard InChI is InChI=1S/C18H21BrN2O4S/c1-3-21(26(23,24)16-10-8-15(19)9-11-16)13-18(22)20-12-14-6-4-5-7-17(14)25-2/h4-11H,3,12-13H2,1-2H3,(H,20,22). The summed E-state index contributed by atoms with van der Waals surface area (Å²) in [4.78, 5) is 12.4. The molecule has 2 aromatic carbocycles. The number of rotatable bonds is 8. The predicted octanol–water partition coefficient (Wildman–Crippen LogP) is 2.78. The van der Waals surface area contributed by atoms with Crippen LogP contribution in [0.4, 0.5) is 0 Å². The normalized spacial score (nSPS) is 11.4. The highest BCUT2D eigenvalue weighted by Gasteiger charge is 2.25. The molecule has 0 aliphatic heterocycles. The molecule has 1 N–H and O–H groups in total. The molecule has 6 nitrogen and oxygen atoms in total. The quantitative estimate of drug-likeness (QED) is 0.684. The Labute approximate surface area is 162 Å². The van der Waals surface area contributed by atoms with Crippen molar-refractivity contribution in [2.45, 2.75) is 18.4 Å². The molecule has 0 aliphatic rings. The molecular formula is C18H21BrN2O4S. The summed E-state index contributed by atoms with van der Waals surface area (Å²) in [6.45, 7) is 1.91. The van der Waals surface area contributed by atoms with Crippen molar-refractivity contribution in [2.24, 2.45) is 0 Å². The van der Waals surface area contributed by atoms with Crippen molar-refractivity contribution >= 4 is 31.9 Å². The average Bonchev–Trinajstić information content (AvgIpc) is 2.64. The molecule has 8 heteroatoms. The summed E-state index contributed by atoms with van der Waals surface area (Å²) >= 11 is 3.28. The van der Waals surface area contributed by atoms with Crippen LogP contribution in [0.15, 0.2) is 57.9 Å². The summed E-state index contributed by atoms with van der Waals surface area (Å²) in [5, 5.41) is 2.74. The number of nitrogens with zero attached hydrogens (tertiary/aromatic N) is 1. The summed E-state index contributed by atoms with van der Waals surface area (Å²) in [7, 11) is -2.17. The topological polar surface area (TPSA) is 75.7 Å². The maximum atomic E-state index is 12.7. The summed E-state index contributed by atoms with van der Waals surface area (Å²) in [6, 6.07) is 13.7. The van der Waals surface area contributed by atoms with Crippen LogP contribution >= 0.6 is 15.9 Å². The number of para-hydroxylation sites is 1. The molecule has 0 saturated heterocycles. The van der Waals surface area contributed by atoms with Crippen LogP contribution in [0.2, 0.25) is 0 Å². The van der Waals surface area contributed by atoms with E-state index < -0.39 is 10.0 Å². The molecule has 2 aromatic rings. The Morgan fingerprint density at radius 2 is 1.81 bits per heavy atom. The van der Waals surface area contributed by atoms with Crippen molar-refractivity contribution in [3.05, 3.63) is 58.6 Å². The number of ether oxygens (including phenoxy) is 1. The first kappa shape index (κ1) is 20.4. The van der Waals surface area contributed by atoms with Crippen LogP contribution in [0.25, 0.3) is 0 Å². The molecule has 0 spiro atoms. The van der Waals surface area contributed by atoms with Gasteiger partial charge in [0, 0.05) is 23.1 Å². The molecule has 2 rings (SSSR count). The maximum absolute atomic E-state index is 12.7. The first-order valence-corrected chi connectivity index (χ1v) is 10.3. The van der Waals surface area contributed by atoms with Gasteiger partial charge >= 0.3 is 0 Å². The Morgan fingerprint density at radius 1 is 1.15 bits per heavy atom. The third kappa shape index (κ3) is 5.06. The van der Waals surface area contributed by atoms with Crippen LogP contribution in [-0.2, 0) is 21.4 Å². The highest BCUT2D eigenvalue weighted by molar-refractivity contribution is 9.10. The van der Waals surface area contributed by atoms with Gasteiger partial charge < -0.3 is 10.1 Å².